The molecule has 1 aromatic rings. The normalized spacial score (nSPS) is 21.2. The number of rotatable bonds is 1. The maximum atomic E-state index is 5.64. The Labute approximate surface area is 82.9 Å². The molecule has 1 aliphatic rings. The van der Waals surface area contributed by atoms with Crippen molar-refractivity contribution in [2.24, 2.45) is 18.7 Å². The van der Waals surface area contributed by atoms with E-state index in [1.807, 2.05) is 17.9 Å². The number of aryl methyl sites for hydroxylation is 1. The summed E-state index contributed by atoms with van der Waals surface area (Å²) in [6.07, 6.45) is 5.02. The van der Waals surface area contributed by atoms with E-state index >= 15 is 0 Å². The molecular formula is C9H13N3S. The molecule has 0 radical (unpaired) electrons. The van der Waals surface area contributed by atoms with E-state index < -0.39 is 0 Å². The Bertz CT molecular complexity index is 343. The van der Waals surface area contributed by atoms with E-state index in [-0.39, 0.29) is 0 Å². The Hall–Kier alpha value is -0.900. The SMILES string of the molecule is Cn1ncc2c1CC[C@@H](C(N)=S)C2. The maximum absolute atomic E-state index is 5.64. The van der Waals surface area contributed by atoms with Gasteiger partial charge in [-0.05, 0) is 24.8 Å². The van der Waals surface area contributed by atoms with Gasteiger partial charge in [0.2, 0.25) is 0 Å². The van der Waals surface area contributed by atoms with Gasteiger partial charge in [0.1, 0.15) is 0 Å². The predicted octanol–water partition coefficient (Wildman–Crippen LogP) is 0.811. The van der Waals surface area contributed by atoms with Crippen LogP contribution in [0.2, 0.25) is 0 Å². The average Bonchev–Trinajstić information content (AvgIpc) is 2.47. The maximum Gasteiger partial charge on any atom is 0.0762 e. The molecule has 3 nitrogen and oxygen atoms in total. The van der Waals surface area contributed by atoms with Crippen LogP contribution >= 0.6 is 12.2 Å². The van der Waals surface area contributed by atoms with Gasteiger partial charge in [-0.3, -0.25) is 4.68 Å². The molecule has 70 valence electrons. The van der Waals surface area contributed by atoms with Crippen LogP contribution in [0.4, 0.5) is 0 Å². The highest BCUT2D eigenvalue weighted by molar-refractivity contribution is 7.80. The number of hydrogen-bond acceptors (Lipinski definition) is 2. The van der Waals surface area contributed by atoms with Crippen LogP contribution in [0.3, 0.4) is 0 Å². The molecule has 0 spiro atoms. The van der Waals surface area contributed by atoms with E-state index in [0.29, 0.717) is 10.9 Å². The Morgan fingerprint density at radius 3 is 3.23 bits per heavy atom. The Balaban J connectivity index is 2.25. The summed E-state index contributed by atoms with van der Waals surface area (Å²) >= 11 is 5.00. The topological polar surface area (TPSA) is 43.8 Å². The molecule has 0 unspecified atom stereocenters. The summed E-state index contributed by atoms with van der Waals surface area (Å²) in [4.78, 5) is 0.648. The van der Waals surface area contributed by atoms with Gasteiger partial charge >= 0.3 is 0 Å². The molecule has 4 heteroatoms. The summed E-state index contributed by atoms with van der Waals surface area (Å²) in [5.41, 5.74) is 8.29. The van der Waals surface area contributed by atoms with Crippen molar-refractivity contribution in [3.05, 3.63) is 17.5 Å². The molecule has 1 aliphatic carbocycles. The lowest BCUT2D eigenvalue weighted by atomic mass is 9.88. The lowest BCUT2D eigenvalue weighted by Gasteiger charge is -2.20. The molecule has 0 saturated carbocycles. The van der Waals surface area contributed by atoms with Crippen LogP contribution in [0.5, 0.6) is 0 Å². The molecule has 1 aromatic heterocycles. The van der Waals surface area contributed by atoms with E-state index in [0.717, 1.165) is 19.3 Å². The van der Waals surface area contributed by atoms with Crippen molar-refractivity contribution in [1.82, 2.24) is 9.78 Å². The number of aromatic nitrogens is 2. The van der Waals surface area contributed by atoms with Gasteiger partial charge in [-0.25, -0.2) is 0 Å². The molecule has 0 saturated heterocycles. The second kappa shape index (κ2) is 3.10. The second-order valence-corrected chi connectivity index (χ2v) is 4.05. The fourth-order valence-electron chi connectivity index (χ4n) is 1.92. The number of fused-ring (bicyclic) bond motifs is 1. The van der Waals surface area contributed by atoms with E-state index in [1.54, 1.807) is 0 Å². The van der Waals surface area contributed by atoms with Crippen LogP contribution < -0.4 is 5.73 Å². The summed E-state index contributed by atoms with van der Waals surface area (Å²) in [7, 11) is 1.99. The predicted molar refractivity (Wildman–Crippen MR) is 55.5 cm³/mol. The number of nitrogens with zero attached hydrogens (tertiary/aromatic N) is 2. The van der Waals surface area contributed by atoms with E-state index in [1.165, 1.54) is 11.3 Å². The average molecular weight is 195 g/mol. The summed E-state index contributed by atoms with van der Waals surface area (Å²) in [6, 6.07) is 0. The van der Waals surface area contributed by atoms with Crippen LogP contribution in [-0.4, -0.2) is 14.8 Å². The van der Waals surface area contributed by atoms with Crippen molar-refractivity contribution in [1.29, 1.82) is 0 Å². The Kier molecular flexibility index (Phi) is 2.07. The van der Waals surface area contributed by atoms with Gasteiger partial charge in [-0.15, -0.1) is 0 Å². The molecule has 1 heterocycles. The molecular weight excluding hydrogens is 182 g/mol. The zero-order valence-corrected chi connectivity index (χ0v) is 8.47. The first-order valence-corrected chi connectivity index (χ1v) is 4.88. The molecule has 1 atom stereocenters. The minimum atomic E-state index is 0.381. The molecule has 2 rings (SSSR count). The van der Waals surface area contributed by atoms with Gasteiger partial charge in [0.05, 0.1) is 11.2 Å². The molecule has 13 heavy (non-hydrogen) atoms. The highest BCUT2D eigenvalue weighted by Crippen LogP contribution is 2.24. The van der Waals surface area contributed by atoms with Gasteiger partial charge in [0.15, 0.2) is 0 Å². The lowest BCUT2D eigenvalue weighted by Crippen LogP contribution is -2.27. The molecule has 0 aromatic carbocycles. The fraction of sp³-hybridized carbons (Fsp3) is 0.556. The van der Waals surface area contributed by atoms with Crippen molar-refractivity contribution < 1.29 is 0 Å². The van der Waals surface area contributed by atoms with Crippen molar-refractivity contribution in [3.63, 3.8) is 0 Å². The number of thiocarbonyl (C=S) groups is 1. The van der Waals surface area contributed by atoms with Crippen LogP contribution in [0.1, 0.15) is 17.7 Å². The minimum Gasteiger partial charge on any atom is -0.393 e. The highest BCUT2D eigenvalue weighted by Gasteiger charge is 2.22. The first kappa shape index (κ1) is 8.69. The Morgan fingerprint density at radius 1 is 1.77 bits per heavy atom. The van der Waals surface area contributed by atoms with Gasteiger partial charge in [-0.2, -0.15) is 5.10 Å². The zero-order valence-electron chi connectivity index (χ0n) is 7.66. The molecule has 0 amide bonds. The van der Waals surface area contributed by atoms with E-state index in [2.05, 4.69) is 5.10 Å². The molecule has 0 aliphatic heterocycles. The van der Waals surface area contributed by atoms with Crippen molar-refractivity contribution in [2.45, 2.75) is 19.3 Å². The fourth-order valence-corrected chi connectivity index (χ4v) is 2.12. The zero-order chi connectivity index (χ0) is 9.42. The highest BCUT2D eigenvalue weighted by atomic mass is 32.1. The summed E-state index contributed by atoms with van der Waals surface area (Å²) < 4.78 is 1.95. The first-order valence-electron chi connectivity index (χ1n) is 4.47. The minimum absolute atomic E-state index is 0.381. The third-order valence-corrected chi connectivity index (χ3v) is 3.08. The lowest BCUT2D eigenvalue weighted by molar-refractivity contribution is 0.558. The second-order valence-electron chi connectivity index (χ2n) is 3.58. The van der Waals surface area contributed by atoms with Crippen LogP contribution in [0.25, 0.3) is 0 Å². The van der Waals surface area contributed by atoms with Gasteiger partial charge in [0, 0.05) is 18.7 Å². The van der Waals surface area contributed by atoms with E-state index in [4.69, 9.17) is 18.0 Å². The Morgan fingerprint density at radius 2 is 2.54 bits per heavy atom. The standard InChI is InChI=1S/C9H13N3S/c1-12-8-3-2-6(9(10)13)4-7(8)5-11-12/h5-6H,2-4H2,1H3,(H2,10,13)/t6-/m1/s1. The summed E-state index contributed by atoms with van der Waals surface area (Å²) in [5, 5.41) is 4.22. The largest absolute Gasteiger partial charge is 0.393 e. The van der Waals surface area contributed by atoms with Gasteiger partial charge in [0.25, 0.3) is 0 Å². The van der Waals surface area contributed by atoms with Crippen molar-refractivity contribution >= 4 is 17.2 Å². The molecule has 2 N–H and O–H groups in total. The van der Waals surface area contributed by atoms with Crippen molar-refractivity contribution in [3.8, 4) is 0 Å². The molecule has 0 bridgehead atoms. The van der Waals surface area contributed by atoms with Crippen LogP contribution in [0.15, 0.2) is 6.20 Å². The van der Waals surface area contributed by atoms with E-state index in [9.17, 15) is 0 Å². The third kappa shape index (κ3) is 1.46. The van der Waals surface area contributed by atoms with Crippen LogP contribution in [0, 0.1) is 5.92 Å². The number of hydrogen-bond donors (Lipinski definition) is 1. The smallest absolute Gasteiger partial charge is 0.0762 e. The quantitative estimate of drug-likeness (QED) is 0.674. The summed E-state index contributed by atoms with van der Waals surface area (Å²) in [6.45, 7) is 0. The van der Waals surface area contributed by atoms with Gasteiger partial charge in [-0.1, -0.05) is 12.2 Å². The molecule has 0 fully saturated rings. The van der Waals surface area contributed by atoms with Crippen molar-refractivity contribution in [2.75, 3.05) is 0 Å². The monoisotopic (exact) mass is 195 g/mol. The van der Waals surface area contributed by atoms with Gasteiger partial charge < -0.3 is 5.73 Å². The third-order valence-electron chi connectivity index (χ3n) is 2.75. The number of nitrogens with two attached hydrogens (primary N) is 1. The van der Waals surface area contributed by atoms with Crippen LogP contribution in [-0.2, 0) is 19.9 Å². The summed E-state index contributed by atoms with van der Waals surface area (Å²) in [5.74, 6) is 0.381. The first-order chi connectivity index (χ1) is 6.18.